The first-order valence-corrected chi connectivity index (χ1v) is 9.13. The summed E-state index contributed by atoms with van der Waals surface area (Å²) in [5, 5.41) is 9.18. The monoisotopic (exact) mass is 411 g/mol. The molecule has 0 saturated carbocycles. The Morgan fingerprint density at radius 1 is 0.867 bits per heavy atom. The van der Waals surface area contributed by atoms with Gasteiger partial charge in [-0.25, -0.2) is 8.78 Å². The van der Waals surface area contributed by atoms with Crippen LogP contribution < -0.4 is 4.74 Å². The van der Waals surface area contributed by atoms with Crippen LogP contribution in [0, 0.1) is 11.6 Å². The lowest BCUT2D eigenvalue weighted by Crippen LogP contribution is -2.35. The van der Waals surface area contributed by atoms with Crippen LogP contribution in [0.15, 0.2) is 72.8 Å². The van der Waals surface area contributed by atoms with E-state index < -0.39 is 24.2 Å². The lowest BCUT2D eigenvalue weighted by Gasteiger charge is -2.21. The molecule has 1 N–H and O–H groups in total. The first kappa shape index (κ1) is 21.0. The minimum Gasteiger partial charge on any atom is -0.489 e. The molecule has 0 radical (unpaired) electrons. The Labute approximate surface area is 172 Å². The van der Waals surface area contributed by atoms with Crippen molar-refractivity contribution in [1.82, 2.24) is 4.90 Å². The summed E-state index contributed by atoms with van der Waals surface area (Å²) >= 11 is 0. The number of hydrogen-bond acceptors (Lipinski definition) is 3. The molecular weight excluding hydrogens is 392 g/mol. The second kappa shape index (κ2) is 9.65. The number of ether oxygens (including phenoxy) is 1. The summed E-state index contributed by atoms with van der Waals surface area (Å²) in [6, 6.07) is 17.8. The Kier molecular flexibility index (Phi) is 6.75. The van der Waals surface area contributed by atoms with Gasteiger partial charge in [-0.15, -0.1) is 0 Å². The number of carbonyl (C=O) groups excluding carboxylic acids is 1. The predicted octanol–water partition coefficient (Wildman–Crippen LogP) is 4.27. The molecule has 0 bridgehead atoms. The van der Waals surface area contributed by atoms with E-state index in [0.717, 1.165) is 10.5 Å². The van der Waals surface area contributed by atoms with Gasteiger partial charge in [-0.05, 0) is 53.6 Å². The van der Waals surface area contributed by atoms with Gasteiger partial charge in [0.1, 0.15) is 30.5 Å². The van der Waals surface area contributed by atoms with Crippen molar-refractivity contribution in [3.8, 4) is 5.75 Å². The molecule has 0 unspecified atom stereocenters. The van der Waals surface area contributed by atoms with Crippen LogP contribution in [0.25, 0.3) is 0 Å². The number of amides is 1. The predicted molar refractivity (Wildman–Crippen MR) is 106 cm³/mol. The fraction of sp³-hybridized carbons (Fsp3) is 0.130. The zero-order valence-electron chi connectivity index (χ0n) is 15.9. The number of rotatable bonds is 8. The van der Waals surface area contributed by atoms with Gasteiger partial charge in [0.2, 0.25) is 0 Å². The molecule has 0 aliphatic carbocycles. The largest absolute Gasteiger partial charge is 0.489 e. The normalized spacial score (nSPS) is 10.5. The molecule has 0 atom stereocenters. The van der Waals surface area contributed by atoms with E-state index in [4.69, 9.17) is 4.74 Å². The third-order valence-corrected chi connectivity index (χ3v) is 4.28. The van der Waals surface area contributed by atoms with Gasteiger partial charge in [0, 0.05) is 12.1 Å². The maximum atomic E-state index is 13.4. The standard InChI is InChI=1S/C23H19F2NO4/c24-19-9-7-16(8-10-19)15-30-21-6-2-4-18(12-21)23(29)26(14-22(27)28)13-17-3-1-5-20(25)11-17/h1-12H,13-15H2,(H,27,28). The van der Waals surface area contributed by atoms with E-state index in [2.05, 4.69) is 0 Å². The Balaban J connectivity index is 1.74. The van der Waals surface area contributed by atoms with Crippen LogP contribution in [-0.4, -0.2) is 28.4 Å². The van der Waals surface area contributed by atoms with Gasteiger partial charge < -0.3 is 14.7 Å². The lowest BCUT2D eigenvalue weighted by atomic mass is 10.1. The highest BCUT2D eigenvalue weighted by Crippen LogP contribution is 2.18. The SMILES string of the molecule is O=C(O)CN(Cc1cccc(F)c1)C(=O)c1cccc(OCc2ccc(F)cc2)c1. The molecule has 1 amide bonds. The summed E-state index contributed by atoms with van der Waals surface area (Å²) in [5.41, 5.74) is 1.48. The molecule has 5 nitrogen and oxygen atoms in total. The Bertz CT molecular complexity index is 1040. The average molecular weight is 411 g/mol. The molecule has 3 aromatic rings. The van der Waals surface area contributed by atoms with Crippen LogP contribution in [0.3, 0.4) is 0 Å². The van der Waals surface area contributed by atoms with Gasteiger partial charge in [0.05, 0.1) is 0 Å². The molecule has 0 saturated heterocycles. The minimum absolute atomic E-state index is 0.0520. The molecule has 3 rings (SSSR count). The molecule has 0 fully saturated rings. The molecule has 0 aromatic heterocycles. The Morgan fingerprint density at radius 3 is 2.30 bits per heavy atom. The van der Waals surface area contributed by atoms with Crippen molar-refractivity contribution in [2.45, 2.75) is 13.2 Å². The number of aliphatic carboxylic acids is 1. The maximum absolute atomic E-state index is 13.4. The fourth-order valence-electron chi connectivity index (χ4n) is 2.87. The van der Waals surface area contributed by atoms with Crippen LogP contribution in [0.1, 0.15) is 21.5 Å². The zero-order valence-corrected chi connectivity index (χ0v) is 15.9. The molecule has 7 heteroatoms. The van der Waals surface area contributed by atoms with Gasteiger partial charge >= 0.3 is 5.97 Å². The molecule has 154 valence electrons. The van der Waals surface area contributed by atoms with Gasteiger partial charge in [0.15, 0.2) is 0 Å². The minimum atomic E-state index is -1.18. The summed E-state index contributed by atoms with van der Waals surface area (Å²) in [7, 11) is 0. The van der Waals surface area contributed by atoms with Crippen molar-refractivity contribution in [2.24, 2.45) is 0 Å². The molecule has 0 aliphatic heterocycles. The molecule has 0 spiro atoms. The zero-order chi connectivity index (χ0) is 21.5. The molecule has 0 aliphatic rings. The van der Waals surface area contributed by atoms with Gasteiger partial charge in [-0.3, -0.25) is 9.59 Å². The smallest absolute Gasteiger partial charge is 0.323 e. The number of carboxylic acids is 1. The molecule has 30 heavy (non-hydrogen) atoms. The van der Waals surface area contributed by atoms with Gasteiger partial charge in [-0.2, -0.15) is 0 Å². The number of carboxylic acid groups (broad SMARTS) is 1. The summed E-state index contributed by atoms with van der Waals surface area (Å²) in [6.45, 7) is -0.403. The van der Waals surface area contributed by atoms with Crippen molar-refractivity contribution in [2.75, 3.05) is 6.54 Å². The third kappa shape index (κ3) is 5.88. The number of benzene rings is 3. The van der Waals surface area contributed by atoms with E-state index in [1.807, 2.05) is 0 Å². The Hall–Kier alpha value is -3.74. The fourth-order valence-corrected chi connectivity index (χ4v) is 2.87. The van der Waals surface area contributed by atoms with E-state index in [1.54, 1.807) is 36.4 Å². The number of hydrogen-bond donors (Lipinski definition) is 1. The summed E-state index contributed by atoms with van der Waals surface area (Å²) in [4.78, 5) is 25.3. The van der Waals surface area contributed by atoms with Crippen LogP contribution in [0.2, 0.25) is 0 Å². The summed E-state index contributed by atoms with van der Waals surface area (Å²) in [5.74, 6) is -2.10. The van der Waals surface area contributed by atoms with Crippen molar-refractivity contribution >= 4 is 11.9 Å². The summed E-state index contributed by atoms with van der Waals surface area (Å²) < 4.78 is 32.1. The topological polar surface area (TPSA) is 66.8 Å². The quantitative estimate of drug-likeness (QED) is 0.601. The second-order valence-corrected chi connectivity index (χ2v) is 6.63. The van der Waals surface area contributed by atoms with E-state index >= 15 is 0 Å². The van der Waals surface area contributed by atoms with Crippen molar-refractivity contribution < 1.29 is 28.2 Å². The highest BCUT2D eigenvalue weighted by atomic mass is 19.1. The highest BCUT2D eigenvalue weighted by Gasteiger charge is 2.19. The van der Waals surface area contributed by atoms with Crippen LogP contribution >= 0.6 is 0 Å². The summed E-state index contributed by atoms with van der Waals surface area (Å²) in [6.07, 6.45) is 0. The van der Waals surface area contributed by atoms with Crippen molar-refractivity contribution in [1.29, 1.82) is 0 Å². The number of halogens is 2. The van der Waals surface area contributed by atoms with Gasteiger partial charge in [0.25, 0.3) is 5.91 Å². The van der Waals surface area contributed by atoms with Crippen LogP contribution in [0.5, 0.6) is 5.75 Å². The molecular formula is C23H19F2NO4. The van der Waals surface area contributed by atoms with Crippen molar-refractivity contribution in [3.05, 3.63) is 101 Å². The third-order valence-electron chi connectivity index (χ3n) is 4.28. The average Bonchev–Trinajstić information content (AvgIpc) is 2.72. The molecule has 0 heterocycles. The lowest BCUT2D eigenvalue weighted by molar-refractivity contribution is -0.137. The Morgan fingerprint density at radius 2 is 1.60 bits per heavy atom. The maximum Gasteiger partial charge on any atom is 0.323 e. The van der Waals surface area contributed by atoms with Crippen LogP contribution in [-0.2, 0) is 17.9 Å². The first-order valence-electron chi connectivity index (χ1n) is 9.13. The second-order valence-electron chi connectivity index (χ2n) is 6.63. The first-order chi connectivity index (χ1) is 14.4. The van der Waals surface area contributed by atoms with E-state index in [1.165, 1.54) is 36.4 Å². The number of carbonyl (C=O) groups is 2. The highest BCUT2D eigenvalue weighted by molar-refractivity contribution is 5.96. The van der Waals surface area contributed by atoms with E-state index in [-0.39, 0.29) is 24.5 Å². The number of nitrogens with zero attached hydrogens (tertiary/aromatic N) is 1. The van der Waals surface area contributed by atoms with Crippen LogP contribution in [0.4, 0.5) is 8.78 Å². The van der Waals surface area contributed by atoms with E-state index in [0.29, 0.717) is 11.3 Å². The van der Waals surface area contributed by atoms with E-state index in [9.17, 15) is 23.5 Å². The molecule has 3 aromatic carbocycles. The van der Waals surface area contributed by atoms with Gasteiger partial charge in [-0.1, -0.05) is 30.3 Å². The van der Waals surface area contributed by atoms with Crippen molar-refractivity contribution in [3.63, 3.8) is 0 Å².